The van der Waals surface area contributed by atoms with E-state index >= 15 is 0 Å². The molecule has 1 aromatic carbocycles. The molecule has 29 heavy (non-hydrogen) atoms. The van der Waals surface area contributed by atoms with Gasteiger partial charge in [-0.15, -0.1) is 11.3 Å². The van der Waals surface area contributed by atoms with Crippen LogP contribution in [0, 0.1) is 0 Å². The van der Waals surface area contributed by atoms with Crippen molar-refractivity contribution in [3.05, 3.63) is 76.9 Å². The predicted octanol–water partition coefficient (Wildman–Crippen LogP) is 4.17. The average Bonchev–Trinajstić information content (AvgIpc) is 3.36. The molecule has 0 spiro atoms. The van der Waals surface area contributed by atoms with Crippen molar-refractivity contribution in [2.45, 2.75) is 19.5 Å². The Morgan fingerprint density at radius 3 is 2.48 bits per heavy atom. The lowest BCUT2D eigenvalue weighted by molar-refractivity contribution is 0.248. The summed E-state index contributed by atoms with van der Waals surface area (Å²) in [5.74, 6) is 0. The number of nitrogens with zero attached hydrogens (tertiary/aromatic N) is 5. The molecular formula is C23H25N5S. The second-order valence-corrected chi connectivity index (χ2v) is 8.67. The first kappa shape index (κ1) is 18.5. The first-order valence-corrected chi connectivity index (χ1v) is 11.1. The van der Waals surface area contributed by atoms with Gasteiger partial charge in [-0.25, -0.2) is 9.50 Å². The molecule has 0 saturated carbocycles. The Labute approximate surface area is 175 Å². The fourth-order valence-corrected chi connectivity index (χ4v) is 4.78. The van der Waals surface area contributed by atoms with Crippen LogP contribution in [0.5, 0.6) is 0 Å². The fraction of sp³-hybridized carbons (Fsp3) is 0.304. The standard InChI is InChI=1S/C23H25N5S/c1-2-6-20(7-3-1)22-15-25-28-17-19(14-24-23(22)28)16-26-9-5-10-27(12-11-26)18-21-8-4-13-29-21/h1-4,6-8,13-15,17H,5,9-12,16,18H2. The molecule has 148 valence electrons. The normalized spacial score (nSPS) is 16.3. The van der Waals surface area contributed by atoms with E-state index in [1.807, 2.05) is 46.4 Å². The highest BCUT2D eigenvalue weighted by Gasteiger charge is 2.16. The van der Waals surface area contributed by atoms with Gasteiger partial charge in [0, 0.05) is 54.6 Å². The topological polar surface area (TPSA) is 36.7 Å². The van der Waals surface area contributed by atoms with Gasteiger partial charge >= 0.3 is 0 Å². The van der Waals surface area contributed by atoms with Crippen molar-refractivity contribution in [2.24, 2.45) is 0 Å². The monoisotopic (exact) mass is 403 g/mol. The number of hydrogen-bond acceptors (Lipinski definition) is 5. The van der Waals surface area contributed by atoms with Crippen molar-refractivity contribution in [2.75, 3.05) is 26.2 Å². The van der Waals surface area contributed by atoms with Crippen LogP contribution in [0.15, 0.2) is 66.4 Å². The highest BCUT2D eigenvalue weighted by Crippen LogP contribution is 2.23. The maximum atomic E-state index is 4.74. The van der Waals surface area contributed by atoms with Gasteiger partial charge in [-0.05, 0) is 36.5 Å². The third kappa shape index (κ3) is 4.24. The van der Waals surface area contributed by atoms with E-state index in [2.05, 4.69) is 50.7 Å². The molecule has 1 aliphatic heterocycles. The third-order valence-corrected chi connectivity index (χ3v) is 6.40. The highest BCUT2D eigenvalue weighted by atomic mass is 32.1. The second-order valence-electron chi connectivity index (χ2n) is 7.64. The summed E-state index contributed by atoms with van der Waals surface area (Å²) in [5.41, 5.74) is 4.36. The summed E-state index contributed by atoms with van der Waals surface area (Å²) in [5, 5.41) is 6.72. The van der Waals surface area contributed by atoms with Gasteiger partial charge in [-0.3, -0.25) is 9.80 Å². The quantitative estimate of drug-likeness (QED) is 0.501. The maximum Gasteiger partial charge on any atom is 0.162 e. The molecule has 0 N–H and O–H groups in total. The van der Waals surface area contributed by atoms with Crippen LogP contribution in [0.3, 0.4) is 0 Å². The van der Waals surface area contributed by atoms with E-state index in [0.29, 0.717) is 0 Å². The van der Waals surface area contributed by atoms with E-state index in [1.165, 1.54) is 23.4 Å². The van der Waals surface area contributed by atoms with Crippen LogP contribution in [0.2, 0.25) is 0 Å². The fourth-order valence-electron chi connectivity index (χ4n) is 4.04. The lowest BCUT2D eigenvalue weighted by atomic mass is 10.1. The highest BCUT2D eigenvalue weighted by molar-refractivity contribution is 7.09. The molecule has 0 atom stereocenters. The van der Waals surface area contributed by atoms with Crippen molar-refractivity contribution >= 4 is 17.0 Å². The van der Waals surface area contributed by atoms with E-state index in [4.69, 9.17) is 4.98 Å². The molecule has 1 fully saturated rings. The molecular weight excluding hydrogens is 378 g/mol. The number of thiophene rings is 1. The van der Waals surface area contributed by atoms with Crippen LogP contribution in [0.4, 0.5) is 0 Å². The van der Waals surface area contributed by atoms with Crippen molar-refractivity contribution in [3.8, 4) is 11.1 Å². The van der Waals surface area contributed by atoms with Gasteiger partial charge in [0.1, 0.15) is 0 Å². The van der Waals surface area contributed by atoms with Crippen LogP contribution >= 0.6 is 11.3 Å². The van der Waals surface area contributed by atoms with Gasteiger partial charge in [0.25, 0.3) is 0 Å². The minimum Gasteiger partial charge on any atom is -0.298 e. The Morgan fingerprint density at radius 1 is 0.862 bits per heavy atom. The van der Waals surface area contributed by atoms with Gasteiger partial charge in [0.2, 0.25) is 0 Å². The molecule has 0 amide bonds. The Morgan fingerprint density at radius 2 is 1.69 bits per heavy atom. The van der Waals surface area contributed by atoms with Crippen molar-refractivity contribution < 1.29 is 0 Å². The van der Waals surface area contributed by atoms with E-state index in [-0.39, 0.29) is 0 Å². The first-order valence-electron chi connectivity index (χ1n) is 10.2. The molecule has 5 rings (SSSR count). The number of hydrogen-bond donors (Lipinski definition) is 0. The third-order valence-electron chi connectivity index (χ3n) is 5.54. The van der Waals surface area contributed by atoms with Crippen molar-refractivity contribution in [3.63, 3.8) is 0 Å². The molecule has 0 unspecified atom stereocenters. The summed E-state index contributed by atoms with van der Waals surface area (Å²) in [6.45, 7) is 6.52. The minimum absolute atomic E-state index is 0.915. The molecule has 0 aliphatic carbocycles. The molecule has 0 radical (unpaired) electrons. The number of benzene rings is 1. The lowest BCUT2D eigenvalue weighted by Gasteiger charge is -2.21. The Hall–Kier alpha value is -2.54. The minimum atomic E-state index is 0.915. The van der Waals surface area contributed by atoms with Gasteiger partial charge < -0.3 is 0 Å². The molecule has 6 heteroatoms. The van der Waals surface area contributed by atoms with E-state index in [9.17, 15) is 0 Å². The SMILES string of the molecule is c1ccc(-c2cnn3cc(CN4CCCN(Cc5cccs5)CC4)cnc23)cc1. The van der Waals surface area contributed by atoms with E-state index in [1.54, 1.807) is 0 Å². The zero-order valence-corrected chi connectivity index (χ0v) is 17.3. The molecule has 5 nitrogen and oxygen atoms in total. The summed E-state index contributed by atoms with van der Waals surface area (Å²) in [4.78, 5) is 11.3. The molecule has 1 saturated heterocycles. The van der Waals surface area contributed by atoms with Crippen LogP contribution in [0.25, 0.3) is 16.8 Å². The Bertz CT molecular complexity index is 1060. The molecule has 0 bridgehead atoms. The van der Waals surface area contributed by atoms with Gasteiger partial charge in [0.15, 0.2) is 5.65 Å². The molecule has 4 aromatic rings. The summed E-state index contributed by atoms with van der Waals surface area (Å²) >= 11 is 1.85. The summed E-state index contributed by atoms with van der Waals surface area (Å²) < 4.78 is 1.92. The van der Waals surface area contributed by atoms with Crippen molar-refractivity contribution in [1.82, 2.24) is 24.4 Å². The largest absolute Gasteiger partial charge is 0.298 e. The van der Waals surface area contributed by atoms with Crippen LogP contribution < -0.4 is 0 Å². The zero-order chi connectivity index (χ0) is 19.5. The summed E-state index contributed by atoms with van der Waals surface area (Å²) in [6.07, 6.45) is 7.26. The second kappa shape index (κ2) is 8.45. The lowest BCUT2D eigenvalue weighted by Crippen LogP contribution is -2.30. The van der Waals surface area contributed by atoms with Crippen LogP contribution in [-0.4, -0.2) is 50.6 Å². The van der Waals surface area contributed by atoms with Gasteiger partial charge in [-0.2, -0.15) is 5.10 Å². The summed E-state index contributed by atoms with van der Waals surface area (Å²) in [6, 6.07) is 14.7. The van der Waals surface area contributed by atoms with E-state index < -0.39 is 0 Å². The Kier molecular flexibility index (Phi) is 5.39. The van der Waals surface area contributed by atoms with Gasteiger partial charge in [-0.1, -0.05) is 36.4 Å². The first-order chi connectivity index (χ1) is 14.3. The number of aromatic nitrogens is 3. The maximum absolute atomic E-state index is 4.74. The number of rotatable bonds is 5. The average molecular weight is 404 g/mol. The summed E-state index contributed by atoms with van der Waals surface area (Å²) in [7, 11) is 0. The zero-order valence-electron chi connectivity index (χ0n) is 16.4. The molecule has 3 aromatic heterocycles. The Balaban J connectivity index is 1.26. The van der Waals surface area contributed by atoms with E-state index in [0.717, 1.165) is 49.5 Å². The smallest absolute Gasteiger partial charge is 0.162 e. The predicted molar refractivity (Wildman–Crippen MR) is 118 cm³/mol. The van der Waals surface area contributed by atoms with Crippen molar-refractivity contribution in [1.29, 1.82) is 0 Å². The molecule has 1 aliphatic rings. The van der Waals surface area contributed by atoms with Crippen LogP contribution in [0.1, 0.15) is 16.9 Å². The van der Waals surface area contributed by atoms with Gasteiger partial charge in [0.05, 0.1) is 6.20 Å². The molecule has 4 heterocycles. The van der Waals surface area contributed by atoms with Crippen LogP contribution in [-0.2, 0) is 13.1 Å². The number of fused-ring (bicyclic) bond motifs is 1.